The highest BCUT2D eigenvalue weighted by Crippen LogP contribution is 2.29. The molecule has 0 spiro atoms. The molecular weight excluding hydrogens is 312 g/mol. The fraction of sp³-hybridized carbons (Fsp3) is 0.167. The van der Waals surface area contributed by atoms with E-state index in [1.54, 1.807) is 11.5 Å². The van der Waals surface area contributed by atoms with Crippen molar-refractivity contribution in [1.29, 1.82) is 0 Å². The fourth-order valence-corrected chi connectivity index (χ4v) is 2.98. The molecule has 1 aromatic heterocycles. The second-order valence-electron chi connectivity index (χ2n) is 4.18. The number of allylic oxidation sites excluding steroid dienone is 1. The minimum atomic E-state index is -3.94. The van der Waals surface area contributed by atoms with E-state index >= 15 is 0 Å². The van der Waals surface area contributed by atoms with Crippen LogP contribution in [0.25, 0.3) is 10.9 Å². The van der Waals surface area contributed by atoms with Gasteiger partial charge in [0.15, 0.2) is 0 Å². The Morgan fingerprint density at radius 2 is 2.16 bits per heavy atom. The van der Waals surface area contributed by atoms with Gasteiger partial charge in [0.25, 0.3) is 9.05 Å². The van der Waals surface area contributed by atoms with E-state index in [4.69, 9.17) is 22.3 Å². The standard InChI is InChI=1S/C12H10Cl2FNO2S/c1-8(5-13)6-16-7-12(19(14,17)18)10-4-9(15)2-3-11(10)16/h2-5,7H,6H2,1H3/b8-5-. The van der Waals surface area contributed by atoms with Crippen molar-refractivity contribution in [3.63, 3.8) is 0 Å². The molecule has 0 aliphatic rings. The average molecular weight is 322 g/mol. The van der Waals surface area contributed by atoms with Gasteiger partial charge in [0, 0.05) is 39.9 Å². The normalized spacial score (nSPS) is 13.2. The first-order chi connectivity index (χ1) is 8.82. The molecule has 0 aliphatic heterocycles. The molecule has 2 aromatic rings. The van der Waals surface area contributed by atoms with E-state index in [1.807, 2.05) is 0 Å². The molecule has 19 heavy (non-hydrogen) atoms. The van der Waals surface area contributed by atoms with Crippen LogP contribution in [-0.4, -0.2) is 13.0 Å². The Hall–Kier alpha value is -1.04. The Morgan fingerprint density at radius 3 is 2.74 bits per heavy atom. The maximum absolute atomic E-state index is 13.3. The number of fused-ring (bicyclic) bond motifs is 1. The first kappa shape index (κ1) is 14.4. The summed E-state index contributed by atoms with van der Waals surface area (Å²) in [5.74, 6) is -0.517. The molecule has 0 atom stereocenters. The first-order valence-corrected chi connectivity index (χ1v) is 8.06. The van der Waals surface area contributed by atoms with E-state index in [1.165, 1.54) is 23.9 Å². The number of rotatable bonds is 3. The molecule has 0 aliphatic carbocycles. The molecule has 1 heterocycles. The monoisotopic (exact) mass is 321 g/mol. The highest BCUT2D eigenvalue weighted by atomic mass is 35.7. The van der Waals surface area contributed by atoms with E-state index in [0.29, 0.717) is 12.1 Å². The molecule has 3 nitrogen and oxygen atoms in total. The maximum atomic E-state index is 13.3. The molecule has 1 aromatic carbocycles. The van der Waals surface area contributed by atoms with Gasteiger partial charge in [-0.05, 0) is 30.7 Å². The van der Waals surface area contributed by atoms with Gasteiger partial charge in [-0.3, -0.25) is 0 Å². The number of nitrogens with zero attached hydrogens (tertiary/aromatic N) is 1. The third-order valence-electron chi connectivity index (χ3n) is 2.68. The smallest absolute Gasteiger partial charge is 0.263 e. The second-order valence-corrected chi connectivity index (χ2v) is 6.93. The van der Waals surface area contributed by atoms with Gasteiger partial charge < -0.3 is 4.57 Å². The minimum absolute atomic E-state index is 0.106. The zero-order valence-electron chi connectivity index (χ0n) is 9.90. The third-order valence-corrected chi connectivity index (χ3v) is 4.40. The van der Waals surface area contributed by atoms with Crippen LogP contribution in [0.1, 0.15) is 6.92 Å². The lowest BCUT2D eigenvalue weighted by Crippen LogP contribution is -1.97. The van der Waals surface area contributed by atoms with Gasteiger partial charge >= 0.3 is 0 Å². The predicted molar refractivity (Wildman–Crippen MR) is 74.5 cm³/mol. The Bertz CT molecular complexity index is 765. The lowest BCUT2D eigenvalue weighted by Gasteiger charge is -2.04. The number of benzene rings is 1. The summed E-state index contributed by atoms with van der Waals surface area (Å²) in [6.07, 6.45) is 1.39. The van der Waals surface area contributed by atoms with Crippen LogP contribution in [0, 0.1) is 5.82 Å². The highest BCUT2D eigenvalue weighted by molar-refractivity contribution is 8.14. The number of hydrogen-bond acceptors (Lipinski definition) is 2. The molecule has 0 unspecified atom stereocenters. The van der Waals surface area contributed by atoms with Gasteiger partial charge in [-0.2, -0.15) is 0 Å². The van der Waals surface area contributed by atoms with Crippen LogP contribution < -0.4 is 0 Å². The minimum Gasteiger partial charge on any atom is -0.342 e. The van der Waals surface area contributed by atoms with Crippen molar-refractivity contribution in [2.75, 3.05) is 0 Å². The quantitative estimate of drug-likeness (QED) is 0.805. The van der Waals surface area contributed by atoms with Crippen LogP contribution in [0.15, 0.2) is 40.4 Å². The van der Waals surface area contributed by atoms with Gasteiger partial charge in [0.1, 0.15) is 10.7 Å². The van der Waals surface area contributed by atoms with E-state index in [0.717, 1.165) is 11.6 Å². The van der Waals surface area contributed by atoms with Crippen LogP contribution in [0.2, 0.25) is 0 Å². The zero-order valence-corrected chi connectivity index (χ0v) is 12.2. The summed E-state index contributed by atoms with van der Waals surface area (Å²) in [4.78, 5) is -0.106. The number of halogens is 3. The molecule has 2 rings (SSSR count). The molecule has 7 heteroatoms. The summed E-state index contributed by atoms with van der Waals surface area (Å²) in [6.45, 7) is 2.20. The largest absolute Gasteiger partial charge is 0.342 e. The Morgan fingerprint density at radius 1 is 1.47 bits per heavy atom. The van der Waals surface area contributed by atoms with Gasteiger partial charge in [0.05, 0.1) is 0 Å². The van der Waals surface area contributed by atoms with Gasteiger partial charge in [-0.15, -0.1) is 0 Å². The molecular formula is C12H10Cl2FNO2S. The van der Waals surface area contributed by atoms with Crippen molar-refractivity contribution in [3.8, 4) is 0 Å². The SMILES string of the molecule is C/C(=C/Cl)Cn1cc(S(=O)(=O)Cl)c2cc(F)ccc21. The molecule has 0 saturated carbocycles. The third kappa shape index (κ3) is 2.94. The maximum Gasteiger partial charge on any atom is 0.263 e. The molecule has 102 valence electrons. The molecule has 0 fully saturated rings. The van der Waals surface area contributed by atoms with Crippen molar-refractivity contribution in [2.45, 2.75) is 18.4 Å². The zero-order chi connectivity index (χ0) is 14.2. The lowest BCUT2D eigenvalue weighted by atomic mass is 10.2. The second kappa shape index (κ2) is 5.15. The molecule has 0 N–H and O–H groups in total. The van der Waals surface area contributed by atoms with Crippen molar-refractivity contribution in [3.05, 3.63) is 41.3 Å². The molecule has 0 radical (unpaired) electrons. The van der Waals surface area contributed by atoms with Crippen LogP contribution in [-0.2, 0) is 15.6 Å². The summed E-state index contributed by atoms with van der Waals surface area (Å²) in [7, 11) is 1.43. The summed E-state index contributed by atoms with van der Waals surface area (Å²) in [6, 6.07) is 3.93. The molecule has 0 amide bonds. The van der Waals surface area contributed by atoms with E-state index in [-0.39, 0.29) is 10.3 Å². The summed E-state index contributed by atoms with van der Waals surface area (Å²) < 4.78 is 38.0. The molecule has 0 bridgehead atoms. The van der Waals surface area contributed by atoms with Gasteiger partial charge in [-0.1, -0.05) is 11.6 Å². The van der Waals surface area contributed by atoms with Crippen molar-refractivity contribution in [2.24, 2.45) is 0 Å². The average Bonchev–Trinajstić information content (AvgIpc) is 2.67. The fourth-order valence-electron chi connectivity index (χ4n) is 1.87. The Kier molecular flexibility index (Phi) is 3.90. The van der Waals surface area contributed by atoms with E-state index in [9.17, 15) is 12.8 Å². The highest BCUT2D eigenvalue weighted by Gasteiger charge is 2.19. The number of aromatic nitrogens is 1. The van der Waals surface area contributed by atoms with Crippen molar-refractivity contribution in [1.82, 2.24) is 4.57 Å². The van der Waals surface area contributed by atoms with Crippen LogP contribution >= 0.6 is 22.3 Å². The lowest BCUT2D eigenvalue weighted by molar-refractivity contribution is 0.609. The van der Waals surface area contributed by atoms with Crippen molar-refractivity contribution < 1.29 is 12.8 Å². The first-order valence-electron chi connectivity index (χ1n) is 5.32. The topological polar surface area (TPSA) is 39.1 Å². The Balaban J connectivity index is 2.74. The van der Waals surface area contributed by atoms with E-state index in [2.05, 4.69) is 0 Å². The van der Waals surface area contributed by atoms with Crippen LogP contribution in [0.5, 0.6) is 0 Å². The number of hydrogen-bond donors (Lipinski definition) is 0. The van der Waals surface area contributed by atoms with Crippen LogP contribution in [0.4, 0.5) is 4.39 Å². The van der Waals surface area contributed by atoms with Crippen molar-refractivity contribution >= 4 is 42.2 Å². The van der Waals surface area contributed by atoms with E-state index < -0.39 is 14.9 Å². The van der Waals surface area contributed by atoms with Crippen LogP contribution in [0.3, 0.4) is 0 Å². The summed E-state index contributed by atoms with van der Waals surface area (Å²) >= 11 is 5.60. The van der Waals surface area contributed by atoms with Gasteiger partial charge in [0.2, 0.25) is 0 Å². The Labute approximate surface area is 119 Å². The summed E-state index contributed by atoms with van der Waals surface area (Å²) in [5.41, 5.74) is 2.82. The predicted octanol–water partition coefficient (Wildman–Crippen LogP) is 3.85. The molecule has 0 saturated heterocycles. The van der Waals surface area contributed by atoms with Gasteiger partial charge in [-0.25, -0.2) is 12.8 Å². The summed E-state index contributed by atoms with van der Waals surface area (Å²) in [5, 5.41) is 0.261.